The summed E-state index contributed by atoms with van der Waals surface area (Å²) in [6, 6.07) is 5.05. The first kappa shape index (κ1) is 20.1. The number of ether oxygens (including phenoxy) is 2. The molecule has 2 aromatic rings. The van der Waals surface area contributed by atoms with Crippen LogP contribution in [-0.4, -0.2) is 29.9 Å². The van der Waals surface area contributed by atoms with Crippen molar-refractivity contribution in [3.05, 3.63) is 34.6 Å². The van der Waals surface area contributed by atoms with Crippen LogP contribution >= 0.6 is 11.6 Å². The average molecular weight is 380 g/mol. The van der Waals surface area contributed by atoms with Crippen molar-refractivity contribution in [1.29, 1.82) is 0 Å². The van der Waals surface area contributed by atoms with E-state index in [1.54, 1.807) is 12.1 Å². The van der Waals surface area contributed by atoms with Crippen molar-refractivity contribution in [2.45, 2.75) is 46.1 Å². The zero-order valence-electron chi connectivity index (χ0n) is 16.3. The number of amides is 1. The fraction of sp³-hybridized carbons (Fsp3) is 0.474. The molecule has 1 aromatic heterocycles. The molecule has 1 amide bonds. The molecular formula is C19H26ClN3O3. The summed E-state index contributed by atoms with van der Waals surface area (Å²) in [5, 5.41) is 7.76. The number of hydrogen-bond donors (Lipinski definition) is 1. The molecular weight excluding hydrogens is 354 g/mol. The molecule has 1 heterocycles. The Morgan fingerprint density at radius 2 is 1.77 bits per heavy atom. The molecule has 0 saturated carbocycles. The number of halogens is 1. The second-order valence-electron chi connectivity index (χ2n) is 7.33. The highest BCUT2D eigenvalue weighted by Crippen LogP contribution is 2.36. The van der Waals surface area contributed by atoms with Crippen LogP contribution in [0.15, 0.2) is 18.2 Å². The number of aromatic nitrogens is 2. The lowest BCUT2D eigenvalue weighted by atomic mass is 10.1. The SMILES string of the molecule is COc1cc(NC(=O)c2cc(C(C)C)n(C(C)(C)C)n2)c(OC)cc1Cl. The van der Waals surface area contributed by atoms with Crippen molar-refractivity contribution in [2.75, 3.05) is 19.5 Å². The molecule has 1 aromatic carbocycles. The molecule has 0 bridgehead atoms. The maximum absolute atomic E-state index is 12.8. The standard InChI is InChI=1S/C19H26ClN3O3/c1-11(2)15-9-14(22-23(15)19(3,4)5)18(24)21-13-10-16(25-6)12(20)8-17(13)26-7/h8-11H,1-7H3,(H,21,24). The summed E-state index contributed by atoms with van der Waals surface area (Å²) in [5.41, 5.74) is 1.59. The van der Waals surface area contributed by atoms with E-state index in [0.29, 0.717) is 27.9 Å². The van der Waals surface area contributed by atoms with E-state index in [9.17, 15) is 4.79 Å². The van der Waals surface area contributed by atoms with Crippen molar-refractivity contribution in [2.24, 2.45) is 0 Å². The number of carbonyl (C=O) groups is 1. The smallest absolute Gasteiger partial charge is 0.276 e. The van der Waals surface area contributed by atoms with Crippen LogP contribution in [0.2, 0.25) is 5.02 Å². The molecule has 0 fully saturated rings. The van der Waals surface area contributed by atoms with Gasteiger partial charge in [0.1, 0.15) is 11.5 Å². The number of carbonyl (C=O) groups excluding carboxylic acids is 1. The van der Waals surface area contributed by atoms with E-state index in [1.807, 2.05) is 10.7 Å². The molecule has 0 aliphatic heterocycles. The van der Waals surface area contributed by atoms with Crippen LogP contribution in [0.3, 0.4) is 0 Å². The summed E-state index contributed by atoms with van der Waals surface area (Å²) in [6.45, 7) is 10.3. The largest absolute Gasteiger partial charge is 0.495 e. The van der Waals surface area contributed by atoms with Crippen molar-refractivity contribution in [3.8, 4) is 11.5 Å². The minimum atomic E-state index is -0.322. The Balaban J connectivity index is 2.39. The van der Waals surface area contributed by atoms with Gasteiger partial charge in [0, 0.05) is 17.8 Å². The number of methoxy groups -OCH3 is 2. The molecule has 6 nitrogen and oxygen atoms in total. The highest BCUT2D eigenvalue weighted by molar-refractivity contribution is 6.32. The van der Waals surface area contributed by atoms with Crippen molar-refractivity contribution >= 4 is 23.2 Å². The maximum Gasteiger partial charge on any atom is 0.276 e. The van der Waals surface area contributed by atoms with Gasteiger partial charge in [-0.15, -0.1) is 0 Å². The van der Waals surface area contributed by atoms with Crippen LogP contribution in [0.4, 0.5) is 5.69 Å². The van der Waals surface area contributed by atoms with E-state index in [1.165, 1.54) is 14.2 Å². The van der Waals surface area contributed by atoms with E-state index in [2.05, 4.69) is 45.0 Å². The van der Waals surface area contributed by atoms with Gasteiger partial charge < -0.3 is 14.8 Å². The minimum absolute atomic E-state index is 0.223. The number of anilines is 1. The van der Waals surface area contributed by atoms with Gasteiger partial charge in [0.05, 0.1) is 30.5 Å². The molecule has 0 aliphatic rings. The molecule has 0 spiro atoms. The Kier molecular flexibility index (Phi) is 5.86. The van der Waals surface area contributed by atoms with Gasteiger partial charge in [-0.3, -0.25) is 9.48 Å². The zero-order valence-corrected chi connectivity index (χ0v) is 17.1. The monoisotopic (exact) mass is 379 g/mol. The predicted octanol–water partition coefficient (Wildman–Crippen LogP) is 4.68. The van der Waals surface area contributed by atoms with E-state index < -0.39 is 0 Å². The number of benzene rings is 1. The summed E-state index contributed by atoms with van der Waals surface area (Å²) in [7, 11) is 3.03. The van der Waals surface area contributed by atoms with Crippen LogP contribution in [0.1, 0.15) is 56.7 Å². The summed E-state index contributed by atoms with van der Waals surface area (Å²) in [5.74, 6) is 0.820. The van der Waals surface area contributed by atoms with Crippen molar-refractivity contribution in [3.63, 3.8) is 0 Å². The lowest BCUT2D eigenvalue weighted by molar-refractivity contribution is 0.102. The van der Waals surface area contributed by atoms with Crippen LogP contribution in [0.25, 0.3) is 0 Å². The molecule has 7 heteroatoms. The Labute approximate surface area is 159 Å². The van der Waals surface area contributed by atoms with Crippen LogP contribution in [0, 0.1) is 0 Å². The normalized spacial score (nSPS) is 11.6. The van der Waals surface area contributed by atoms with Gasteiger partial charge in [-0.25, -0.2) is 0 Å². The van der Waals surface area contributed by atoms with Gasteiger partial charge in [-0.1, -0.05) is 25.4 Å². The number of hydrogen-bond acceptors (Lipinski definition) is 4. The molecule has 142 valence electrons. The van der Waals surface area contributed by atoms with E-state index in [4.69, 9.17) is 21.1 Å². The maximum atomic E-state index is 12.8. The van der Waals surface area contributed by atoms with Gasteiger partial charge in [0.25, 0.3) is 5.91 Å². The number of nitrogens with zero attached hydrogens (tertiary/aromatic N) is 2. The van der Waals surface area contributed by atoms with Gasteiger partial charge in [-0.05, 0) is 32.8 Å². The average Bonchev–Trinajstić information content (AvgIpc) is 3.02. The summed E-state index contributed by atoms with van der Waals surface area (Å²) < 4.78 is 12.4. The third-order valence-electron chi connectivity index (χ3n) is 3.92. The lowest BCUT2D eigenvalue weighted by Crippen LogP contribution is -2.26. The highest BCUT2D eigenvalue weighted by atomic mass is 35.5. The zero-order chi connectivity index (χ0) is 19.6. The van der Waals surface area contributed by atoms with E-state index in [-0.39, 0.29) is 17.4 Å². The van der Waals surface area contributed by atoms with Crippen LogP contribution in [0.5, 0.6) is 11.5 Å². The summed E-state index contributed by atoms with van der Waals surface area (Å²) in [6.07, 6.45) is 0. The Hall–Kier alpha value is -2.21. The van der Waals surface area contributed by atoms with Gasteiger partial charge >= 0.3 is 0 Å². The second kappa shape index (κ2) is 7.58. The van der Waals surface area contributed by atoms with Crippen molar-refractivity contribution < 1.29 is 14.3 Å². The molecule has 0 atom stereocenters. The van der Waals surface area contributed by atoms with Crippen LogP contribution in [-0.2, 0) is 5.54 Å². The third-order valence-corrected chi connectivity index (χ3v) is 4.21. The topological polar surface area (TPSA) is 65.4 Å². The van der Waals surface area contributed by atoms with E-state index in [0.717, 1.165) is 5.69 Å². The third kappa shape index (κ3) is 4.12. The molecule has 0 saturated heterocycles. The Morgan fingerprint density at radius 1 is 1.15 bits per heavy atom. The Bertz CT molecular complexity index is 807. The molecule has 2 rings (SSSR count). The quantitative estimate of drug-likeness (QED) is 0.818. The fourth-order valence-electron chi connectivity index (χ4n) is 2.60. The molecule has 1 N–H and O–H groups in total. The number of nitrogens with one attached hydrogen (secondary N) is 1. The molecule has 0 aliphatic carbocycles. The highest BCUT2D eigenvalue weighted by Gasteiger charge is 2.24. The van der Waals surface area contributed by atoms with Gasteiger partial charge in [-0.2, -0.15) is 5.10 Å². The van der Waals surface area contributed by atoms with Gasteiger partial charge in [0.15, 0.2) is 5.69 Å². The second-order valence-corrected chi connectivity index (χ2v) is 7.74. The van der Waals surface area contributed by atoms with Crippen LogP contribution < -0.4 is 14.8 Å². The Morgan fingerprint density at radius 3 is 2.23 bits per heavy atom. The predicted molar refractivity (Wildman–Crippen MR) is 104 cm³/mol. The molecule has 26 heavy (non-hydrogen) atoms. The fourth-order valence-corrected chi connectivity index (χ4v) is 2.83. The molecule has 0 radical (unpaired) electrons. The summed E-state index contributed by atoms with van der Waals surface area (Å²) >= 11 is 6.11. The minimum Gasteiger partial charge on any atom is -0.495 e. The first-order chi connectivity index (χ1) is 12.1. The summed E-state index contributed by atoms with van der Waals surface area (Å²) in [4.78, 5) is 12.8. The van der Waals surface area contributed by atoms with E-state index >= 15 is 0 Å². The number of rotatable bonds is 5. The first-order valence-electron chi connectivity index (χ1n) is 8.41. The van der Waals surface area contributed by atoms with Crippen molar-refractivity contribution in [1.82, 2.24) is 9.78 Å². The lowest BCUT2D eigenvalue weighted by Gasteiger charge is -2.23. The first-order valence-corrected chi connectivity index (χ1v) is 8.79. The molecule has 0 unspecified atom stereocenters. The van der Waals surface area contributed by atoms with Gasteiger partial charge in [0.2, 0.25) is 0 Å².